The fourth-order valence-electron chi connectivity index (χ4n) is 4.22. The van der Waals surface area contributed by atoms with Crippen LogP contribution < -0.4 is 5.32 Å². The van der Waals surface area contributed by atoms with Crippen molar-refractivity contribution in [3.8, 4) is 0 Å². The van der Waals surface area contributed by atoms with Crippen LogP contribution in [0, 0.1) is 12.8 Å². The Hall–Kier alpha value is -2.81. The molecule has 1 atom stereocenters. The van der Waals surface area contributed by atoms with E-state index in [0.29, 0.717) is 0 Å². The average Bonchev–Trinajstić information content (AvgIpc) is 2.73. The fourth-order valence-corrected chi connectivity index (χ4v) is 4.22. The van der Waals surface area contributed by atoms with Gasteiger partial charge < -0.3 is 10.2 Å². The highest BCUT2D eigenvalue weighted by Crippen LogP contribution is 2.37. The van der Waals surface area contributed by atoms with Crippen LogP contribution in [0.2, 0.25) is 0 Å². The van der Waals surface area contributed by atoms with Crippen LogP contribution in [-0.2, 0) is 0 Å². The summed E-state index contributed by atoms with van der Waals surface area (Å²) in [6.45, 7) is 5.35. The van der Waals surface area contributed by atoms with Crippen molar-refractivity contribution < 1.29 is 4.79 Å². The zero-order chi connectivity index (χ0) is 19.5. The number of benzene rings is 2. The van der Waals surface area contributed by atoms with Crippen molar-refractivity contribution in [1.82, 2.24) is 4.90 Å². The summed E-state index contributed by atoms with van der Waals surface area (Å²) in [4.78, 5) is 15.0. The van der Waals surface area contributed by atoms with E-state index in [0.717, 1.165) is 35.7 Å². The Morgan fingerprint density at radius 2 is 1.89 bits per heavy atom. The van der Waals surface area contributed by atoms with Crippen LogP contribution in [0.3, 0.4) is 0 Å². The van der Waals surface area contributed by atoms with Crippen LogP contribution >= 0.6 is 0 Å². The lowest BCUT2D eigenvalue weighted by molar-refractivity contribution is 0.102. The molecule has 28 heavy (non-hydrogen) atoms. The molecule has 0 aliphatic carbocycles. The number of anilines is 1. The van der Waals surface area contributed by atoms with Crippen LogP contribution in [-0.4, -0.2) is 17.4 Å². The number of allylic oxidation sites excluding steroid dienone is 3. The second kappa shape index (κ2) is 8.05. The van der Waals surface area contributed by atoms with Crippen molar-refractivity contribution in [3.05, 3.63) is 83.1 Å². The zero-order valence-corrected chi connectivity index (χ0v) is 16.7. The Morgan fingerprint density at radius 1 is 1.11 bits per heavy atom. The molecule has 2 heterocycles. The van der Waals surface area contributed by atoms with Crippen LogP contribution in [0.4, 0.5) is 5.69 Å². The van der Waals surface area contributed by atoms with Gasteiger partial charge >= 0.3 is 0 Å². The normalized spacial score (nSPS) is 18.8. The molecule has 1 N–H and O–H groups in total. The number of carbonyl (C=O) groups excluding carboxylic acids is 1. The largest absolute Gasteiger partial charge is 0.345 e. The third-order valence-electron chi connectivity index (χ3n) is 5.97. The lowest BCUT2D eigenvalue weighted by Crippen LogP contribution is -2.31. The minimum atomic E-state index is -0.0606. The molecule has 2 aromatic rings. The number of carbonyl (C=O) groups is 1. The smallest absolute Gasteiger partial charge is 0.255 e. The van der Waals surface area contributed by atoms with Crippen molar-refractivity contribution in [1.29, 1.82) is 0 Å². The van der Waals surface area contributed by atoms with Crippen molar-refractivity contribution in [2.24, 2.45) is 5.92 Å². The molecule has 1 saturated heterocycles. The molecule has 2 aliphatic heterocycles. The third kappa shape index (κ3) is 3.75. The maximum Gasteiger partial charge on any atom is 0.255 e. The summed E-state index contributed by atoms with van der Waals surface area (Å²) < 4.78 is 0. The quantitative estimate of drug-likeness (QED) is 0.714. The van der Waals surface area contributed by atoms with Gasteiger partial charge in [-0.3, -0.25) is 4.79 Å². The van der Waals surface area contributed by atoms with Gasteiger partial charge in [0, 0.05) is 29.2 Å². The van der Waals surface area contributed by atoms with E-state index in [9.17, 15) is 4.79 Å². The molecule has 1 fully saturated rings. The van der Waals surface area contributed by atoms with Gasteiger partial charge in [0.05, 0.1) is 0 Å². The van der Waals surface area contributed by atoms with Gasteiger partial charge in [-0.15, -0.1) is 0 Å². The van der Waals surface area contributed by atoms with Crippen LogP contribution in [0.1, 0.15) is 54.1 Å². The lowest BCUT2D eigenvalue weighted by atomic mass is 9.89. The van der Waals surface area contributed by atoms with Gasteiger partial charge in [0.1, 0.15) is 0 Å². The Labute approximate surface area is 167 Å². The Balaban J connectivity index is 1.47. The molecule has 0 saturated carbocycles. The van der Waals surface area contributed by atoms with E-state index in [2.05, 4.69) is 41.4 Å². The van der Waals surface area contributed by atoms with Gasteiger partial charge in [0.2, 0.25) is 0 Å². The number of rotatable bonds is 4. The lowest BCUT2D eigenvalue weighted by Gasteiger charge is -2.39. The van der Waals surface area contributed by atoms with Crippen molar-refractivity contribution >= 4 is 17.3 Å². The number of fused-ring (bicyclic) bond motifs is 1. The van der Waals surface area contributed by atoms with Crippen LogP contribution in [0.15, 0.2) is 66.4 Å². The summed E-state index contributed by atoms with van der Waals surface area (Å²) in [6.07, 6.45) is 9.41. The van der Waals surface area contributed by atoms with Crippen molar-refractivity contribution in [3.63, 3.8) is 0 Å². The minimum Gasteiger partial charge on any atom is -0.345 e. The Bertz CT molecular complexity index is 924. The van der Waals surface area contributed by atoms with Crippen molar-refractivity contribution in [2.45, 2.75) is 39.5 Å². The van der Waals surface area contributed by atoms with E-state index in [1.165, 1.54) is 36.2 Å². The molecule has 2 aromatic carbocycles. The third-order valence-corrected chi connectivity index (χ3v) is 5.97. The molecule has 4 rings (SSSR count). The highest BCUT2D eigenvalue weighted by molar-refractivity contribution is 6.05. The summed E-state index contributed by atoms with van der Waals surface area (Å²) in [7, 11) is 0. The number of hydrogen-bond acceptors (Lipinski definition) is 2. The summed E-state index contributed by atoms with van der Waals surface area (Å²) in [5.41, 5.74) is 6.54. The maximum absolute atomic E-state index is 12.5. The molecular formula is C25H28N2O. The topological polar surface area (TPSA) is 32.3 Å². The summed E-state index contributed by atoms with van der Waals surface area (Å²) in [5.74, 6) is 0.760. The first kappa shape index (κ1) is 18.5. The maximum atomic E-state index is 12.5. The van der Waals surface area contributed by atoms with Gasteiger partial charge in [-0.1, -0.05) is 55.8 Å². The van der Waals surface area contributed by atoms with Gasteiger partial charge in [-0.05, 0) is 61.4 Å². The summed E-state index contributed by atoms with van der Waals surface area (Å²) in [6, 6.07) is 15.9. The SMILES string of the molecule is CCC1CCN2C(=CCC=C2c2ccc(NC(=O)c3ccccc3C)cc2)C1. The first-order valence-electron chi connectivity index (χ1n) is 10.3. The molecule has 2 aliphatic rings. The molecule has 0 spiro atoms. The molecule has 3 heteroatoms. The van der Waals surface area contributed by atoms with Gasteiger partial charge in [-0.2, -0.15) is 0 Å². The van der Waals surface area contributed by atoms with E-state index in [1.54, 1.807) is 0 Å². The summed E-state index contributed by atoms with van der Waals surface area (Å²) in [5, 5.41) is 3.02. The molecule has 0 radical (unpaired) electrons. The van der Waals surface area contributed by atoms with E-state index in [4.69, 9.17) is 0 Å². The summed E-state index contributed by atoms with van der Waals surface area (Å²) >= 11 is 0. The minimum absolute atomic E-state index is 0.0606. The van der Waals surface area contributed by atoms with E-state index in [1.807, 2.05) is 43.3 Å². The molecule has 3 nitrogen and oxygen atoms in total. The second-order valence-corrected chi connectivity index (χ2v) is 7.79. The van der Waals surface area contributed by atoms with E-state index in [-0.39, 0.29) is 5.91 Å². The van der Waals surface area contributed by atoms with Crippen molar-refractivity contribution in [2.75, 3.05) is 11.9 Å². The molecule has 144 valence electrons. The van der Waals surface area contributed by atoms with Crippen LogP contribution in [0.25, 0.3) is 5.70 Å². The first-order valence-corrected chi connectivity index (χ1v) is 10.3. The second-order valence-electron chi connectivity index (χ2n) is 7.79. The monoisotopic (exact) mass is 372 g/mol. The van der Waals surface area contributed by atoms with E-state index < -0.39 is 0 Å². The number of nitrogens with one attached hydrogen (secondary N) is 1. The predicted octanol–water partition coefficient (Wildman–Crippen LogP) is 6.00. The standard InChI is InChI=1S/C25H28N2O/c1-3-19-15-16-27-22(17-19)8-6-10-24(27)20-11-13-21(14-12-20)26-25(28)23-9-5-4-7-18(23)2/h4-5,7-14,19H,3,6,15-17H2,1-2H3,(H,26,28). The molecular weight excluding hydrogens is 344 g/mol. The van der Waals surface area contributed by atoms with E-state index >= 15 is 0 Å². The predicted molar refractivity (Wildman–Crippen MR) is 116 cm³/mol. The molecule has 1 amide bonds. The van der Waals surface area contributed by atoms with Gasteiger partial charge in [-0.25, -0.2) is 0 Å². The number of hydrogen-bond donors (Lipinski definition) is 1. The number of nitrogens with zero attached hydrogens (tertiary/aromatic N) is 1. The van der Waals surface area contributed by atoms with Gasteiger partial charge in [0.25, 0.3) is 5.91 Å². The average molecular weight is 373 g/mol. The van der Waals surface area contributed by atoms with Crippen LogP contribution in [0.5, 0.6) is 0 Å². The Kier molecular flexibility index (Phi) is 5.34. The highest BCUT2D eigenvalue weighted by atomic mass is 16.1. The Morgan fingerprint density at radius 3 is 2.64 bits per heavy atom. The van der Waals surface area contributed by atoms with Gasteiger partial charge in [0.15, 0.2) is 0 Å². The fraction of sp³-hybridized carbons (Fsp3) is 0.320. The number of piperidine rings is 1. The number of amides is 1. The molecule has 0 bridgehead atoms. The molecule has 1 unspecified atom stereocenters. The number of aryl methyl sites for hydroxylation is 1. The molecule has 0 aromatic heterocycles. The highest BCUT2D eigenvalue weighted by Gasteiger charge is 2.26. The zero-order valence-electron chi connectivity index (χ0n) is 16.7. The first-order chi connectivity index (χ1) is 13.7.